The zero-order valence-corrected chi connectivity index (χ0v) is 19.1. The first-order valence-electron chi connectivity index (χ1n) is 11.5. The SMILES string of the molecule is C[C@H](COc1ccc(-c2ccc(CC(=O)NCc3ccccc3)nc2)cc1)N1CCOCC1. The van der Waals surface area contributed by atoms with Crippen molar-refractivity contribution in [2.75, 3.05) is 32.9 Å². The highest BCUT2D eigenvalue weighted by molar-refractivity contribution is 5.78. The van der Waals surface area contributed by atoms with E-state index in [0.717, 1.165) is 54.4 Å². The maximum atomic E-state index is 12.2. The van der Waals surface area contributed by atoms with Crippen LogP contribution in [-0.4, -0.2) is 54.7 Å². The molecule has 0 bridgehead atoms. The zero-order chi connectivity index (χ0) is 22.9. The quantitative estimate of drug-likeness (QED) is 0.544. The molecule has 1 atom stereocenters. The van der Waals surface area contributed by atoms with Crippen molar-refractivity contribution in [2.24, 2.45) is 0 Å². The summed E-state index contributed by atoms with van der Waals surface area (Å²) in [5.41, 5.74) is 3.91. The Kier molecular flexibility index (Phi) is 8.06. The summed E-state index contributed by atoms with van der Waals surface area (Å²) in [4.78, 5) is 19.1. The van der Waals surface area contributed by atoms with Gasteiger partial charge < -0.3 is 14.8 Å². The van der Waals surface area contributed by atoms with Gasteiger partial charge in [0.15, 0.2) is 0 Å². The number of carbonyl (C=O) groups is 1. The van der Waals surface area contributed by atoms with E-state index in [4.69, 9.17) is 9.47 Å². The Morgan fingerprint density at radius 1 is 1.03 bits per heavy atom. The largest absolute Gasteiger partial charge is 0.492 e. The first-order valence-corrected chi connectivity index (χ1v) is 11.5. The monoisotopic (exact) mass is 445 g/mol. The van der Waals surface area contributed by atoms with Gasteiger partial charge in [-0.3, -0.25) is 14.7 Å². The lowest BCUT2D eigenvalue weighted by atomic mass is 10.1. The molecule has 3 aromatic rings. The van der Waals surface area contributed by atoms with Crippen molar-refractivity contribution in [3.63, 3.8) is 0 Å². The molecule has 1 amide bonds. The van der Waals surface area contributed by atoms with E-state index in [2.05, 4.69) is 22.1 Å². The molecule has 4 rings (SSSR count). The second-order valence-electron chi connectivity index (χ2n) is 8.31. The number of hydrogen-bond donors (Lipinski definition) is 1. The Morgan fingerprint density at radius 2 is 1.76 bits per heavy atom. The van der Waals surface area contributed by atoms with E-state index < -0.39 is 0 Å². The zero-order valence-electron chi connectivity index (χ0n) is 19.1. The number of benzene rings is 2. The van der Waals surface area contributed by atoms with Crippen LogP contribution in [0, 0.1) is 0 Å². The second-order valence-corrected chi connectivity index (χ2v) is 8.31. The number of pyridine rings is 1. The Balaban J connectivity index is 1.25. The van der Waals surface area contributed by atoms with Gasteiger partial charge >= 0.3 is 0 Å². The molecule has 1 aromatic heterocycles. The number of carbonyl (C=O) groups excluding carboxylic acids is 1. The summed E-state index contributed by atoms with van der Waals surface area (Å²) in [7, 11) is 0. The van der Waals surface area contributed by atoms with Gasteiger partial charge in [-0.2, -0.15) is 0 Å². The molecule has 33 heavy (non-hydrogen) atoms. The smallest absolute Gasteiger partial charge is 0.226 e. The fourth-order valence-electron chi connectivity index (χ4n) is 3.81. The van der Waals surface area contributed by atoms with Crippen LogP contribution in [0.15, 0.2) is 72.9 Å². The number of morpholine rings is 1. The third-order valence-electron chi connectivity index (χ3n) is 5.85. The van der Waals surface area contributed by atoms with Crippen LogP contribution in [0.4, 0.5) is 0 Å². The first kappa shape index (κ1) is 23.0. The maximum absolute atomic E-state index is 12.2. The molecule has 2 aromatic carbocycles. The predicted molar refractivity (Wildman–Crippen MR) is 129 cm³/mol. The molecule has 0 saturated carbocycles. The third-order valence-corrected chi connectivity index (χ3v) is 5.85. The van der Waals surface area contributed by atoms with Gasteiger partial charge in [0.2, 0.25) is 5.91 Å². The van der Waals surface area contributed by atoms with Crippen LogP contribution in [0.5, 0.6) is 5.75 Å². The molecule has 0 radical (unpaired) electrons. The highest BCUT2D eigenvalue weighted by Gasteiger charge is 2.17. The van der Waals surface area contributed by atoms with E-state index in [-0.39, 0.29) is 12.3 Å². The number of aromatic nitrogens is 1. The second kappa shape index (κ2) is 11.6. The van der Waals surface area contributed by atoms with Crippen molar-refractivity contribution in [1.29, 1.82) is 0 Å². The maximum Gasteiger partial charge on any atom is 0.226 e. The Labute approximate surface area is 195 Å². The fourth-order valence-corrected chi connectivity index (χ4v) is 3.81. The van der Waals surface area contributed by atoms with Crippen molar-refractivity contribution in [3.05, 3.63) is 84.2 Å². The summed E-state index contributed by atoms with van der Waals surface area (Å²) in [5, 5.41) is 2.94. The molecule has 0 spiro atoms. The van der Waals surface area contributed by atoms with Crippen LogP contribution in [0.25, 0.3) is 11.1 Å². The van der Waals surface area contributed by atoms with Crippen LogP contribution in [0.1, 0.15) is 18.2 Å². The van der Waals surface area contributed by atoms with Gasteiger partial charge in [-0.05, 0) is 36.2 Å². The first-order chi connectivity index (χ1) is 16.2. The number of nitrogens with one attached hydrogen (secondary N) is 1. The molecular formula is C27H31N3O3. The molecule has 6 nitrogen and oxygen atoms in total. The standard InChI is InChI=1S/C27H31N3O3/c1-21(30-13-15-32-16-14-30)20-33-26-11-8-23(9-12-26)24-7-10-25(28-19-24)17-27(31)29-18-22-5-3-2-4-6-22/h2-12,19,21H,13-18,20H2,1H3,(H,29,31)/t21-/m1/s1. The summed E-state index contributed by atoms with van der Waals surface area (Å²) in [6.45, 7) is 6.88. The molecular weight excluding hydrogens is 414 g/mol. The van der Waals surface area contributed by atoms with Crippen LogP contribution < -0.4 is 10.1 Å². The summed E-state index contributed by atoms with van der Waals surface area (Å²) in [6.07, 6.45) is 2.08. The lowest BCUT2D eigenvalue weighted by Gasteiger charge is -2.32. The highest BCUT2D eigenvalue weighted by Crippen LogP contribution is 2.22. The number of hydrogen-bond acceptors (Lipinski definition) is 5. The topological polar surface area (TPSA) is 63.7 Å². The minimum absolute atomic E-state index is 0.0353. The van der Waals surface area contributed by atoms with Gasteiger partial charge in [-0.15, -0.1) is 0 Å². The van der Waals surface area contributed by atoms with E-state index in [9.17, 15) is 4.79 Å². The van der Waals surface area contributed by atoms with Crippen LogP contribution in [0.3, 0.4) is 0 Å². The molecule has 0 aliphatic carbocycles. The molecule has 1 aliphatic rings. The minimum atomic E-state index is -0.0353. The van der Waals surface area contributed by atoms with Gasteiger partial charge in [0, 0.05) is 43.1 Å². The Morgan fingerprint density at radius 3 is 2.45 bits per heavy atom. The summed E-state index contributed by atoms with van der Waals surface area (Å²) in [5.74, 6) is 0.824. The van der Waals surface area contributed by atoms with Gasteiger partial charge in [-0.1, -0.05) is 48.5 Å². The molecule has 1 saturated heterocycles. The van der Waals surface area contributed by atoms with E-state index in [1.165, 1.54) is 0 Å². The van der Waals surface area contributed by atoms with Crippen molar-refractivity contribution < 1.29 is 14.3 Å². The molecule has 1 N–H and O–H groups in total. The lowest BCUT2D eigenvalue weighted by molar-refractivity contribution is -0.120. The van der Waals surface area contributed by atoms with Gasteiger partial charge in [0.05, 0.1) is 19.6 Å². The van der Waals surface area contributed by atoms with Gasteiger partial charge in [0.25, 0.3) is 0 Å². The van der Waals surface area contributed by atoms with Crippen LogP contribution in [-0.2, 0) is 22.5 Å². The molecule has 1 fully saturated rings. The Bertz CT molecular complexity index is 1000. The van der Waals surface area contributed by atoms with Gasteiger partial charge in [-0.25, -0.2) is 0 Å². The van der Waals surface area contributed by atoms with Crippen LogP contribution in [0.2, 0.25) is 0 Å². The van der Waals surface area contributed by atoms with Gasteiger partial charge in [0.1, 0.15) is 12.4 Å². The van der Waals surface area contributed by atoms with Crippen molar-refractivity contribution >= 4 is 5.91 Å². The van der Waals surface area contributed by atoms with Crippen LogP contribution >= 0.6 is 0 Å². The van der Waals surface area contributed by atoms with E-state index in [1.807, 2.05) is 72.9 Å². The van der Waals surface area contributed by atoms with Crippen molar-refractivity contribution in [1.82, 2.24) is 15.2 Å². The van der Waals surface area contributed by atoms with E-state index in [0.29, 0.717) is 19.2 Å². The fraction of sp³-hybridized carbons (Fsp3) is 0.333. The average molecular weight is 446 g/mol. The molecule has 1 aliphatic heterocycles. The molecule has 2 heterocycles. The molecule has 172 valence electrons. The molecule has 0 unspecified atom stereocenters. The predicted octanol–water partition coefficient (Wildman–Crippen LogP) is 3.71. The van der Waals surface area contributed by atoms with E-state index in [1.54, 1.807) is 0 Å². The highest BCUT2D eigenvalue weighted by atomic mass is 16.5. The number of nitrogens with zero attached hydrogens (tertiary/aromatic N) is 2. The van der Waals surface area contributed by atoms with E-state index >= 15 is 0 Å². The van der Waals surface area contributed by atoms with Crippen molar-refractivity contribution in [2.45, 2.75) is 25.9 Å². The number of ether oxygens (including phenoxy) is 2. The summed E-state index contributed by atoms with van der Waals surface area (Å²) < 4.78 is 11.4. The van der Waals surface area contributed by atoms with Crippen molar-refractivity contribution in [3.8, 4) is 16.9 Å². The number of rotatable bonds is 9. The lowest BCUT2D eigenvalue weighted by Crippen LogP contribution is -2.44. The summed E-state index contributed by atoms with van der Waals surface area (Å²) >= 11 is 0. The Hall–Kier alpha value is -3.22. The number of amides is 1. The average Bonchev–Trinajstić information content (AvgIpc) is 2.88. The minimum Gasteiger partial charge on any atom is -0.492 e. The molecule has 6 heteroatoms. The third kappa shape index (κ3) is 6.88. The summed E-state index contributed by atoms with van der Waals surface area (Å²) in [6, 6.07) is 22.2. The normalized spacial score (nSPS) is 15.1.